The number of amides is 2. The van der Waals surface area contributed by atoms with Crippen molar-refractivity contribution in [1.29, 1.82) is 0 Å². The van der Waals surface area contributed by atoms with Gasteiger partial charge in [-0.2, -0.15) is 0 Å². The third-order valence-electron chi connectivity index (χ3n) is 4.69. The van der Waals surface area contributed by atoms with Crippen molar-refractivity contribution >= 4 is 40.9 Å². The van der Waals surface area contributed by atoms with Gasteiger partial charge in [-0.1, -0.05) is 29.5 Å². The maximum Gasteiger partial charge on any atom is 0.337 e. The van der Waals surface area contributed by atoms with E-state index in [1.54, 1.807) is 24.3 Å². The van der Waals surface area contributed by atoms with E-state index in [-0.39, 0.29) is 24.0 Å². The highest BCUT2D eigenvalue weighted by Crippen LogP contribution is 2.19. The molecule has 0 aliphatic carbocycles. The van der Waals surface area contributed by atoms with Crippen LogP contribution in [-0.2, 0) is 27.3 Å². The largest absolute Gasteiger partial charge is 0.465 e. The van der Waals surface area contributed by atoms with Crippen molar-refractivity contribution in [2.45, 2.75) is 32.0 Å². The average molecular weight is 468 g/mol. The van der Waals surface area contributed by atoms with Crippen LogP contribution in [0.5, 0.6) is 0 Å². The maximum absolute atomic E-state index is 12.4. The van der Waals surface area contributed by atoms with Gasteiger partial charge in [0.05, 0.1) is 24.8 Å². The van der Waals surface area contributed by atoms with Gasteiger partial charge < -0.3 is 19.9 Å². The molecule has 0 bridgehead atoms. The van der Waals surface area contributed by atoms with E-state index in [2.05, 4.69) is 25.6 Å². The summed E-state index contributed by atoms with van der Waals surface area (Å²) in [6.45, 7) is 4.48. The van der Waals surface area contributed by atoms with Crippen LogP contribution >= 0.6 is 11.8 Å². The van der Waals surface area contributed by atoms with Crippen molar-refractivity contribution in [2.24, 2.45) is 0 Å². The minimum atomic E-state index is -0.439. The Balaban J connectivity index is 1.54. The van der Waals surface area contributed by atoms with Crippen molar-refractivity contribution in [3.8, 4) is 0 Å². The van der Waals surface area contributed by atoms with E-state index < -0.39 is 5.97 Å². The quantitative estimate of drug-likeness (QED) is 0.366. The number of carbonyl (C=O) groups is 3. The monoisotopic (exact) mass is 467 g/mol. The molecule has 3 aromatic rings. The number of rotatable bonds is 9. The fourth-order valence-corrected chi connectivity index (χ4v) is 3.82. The lowest BCUT2D eigenvalue weighted by molar-refractivity contribution is -0.116. The molecular weight excluding hydrogens is 442 g/mol. The van der Waals surface area contributed by atoms with Crippen LogP contribution in [0.2, 0.25) is 0 Å². The Kier molecular flexibility index (Phi) is 8.20. The molecular formula is C23H25N5O4S. The summed E-state index contributed by atoms with van der Waals surface area (Å²) in [5.74, 6) is -0.207. The molecule has 10 heteroatoms. The normalized spacial score (nSPS) is 10.5. The molecule has 1 aromatic heterocycles. The first-order valence-electron chi connectivity index (χ1n) is 10.3. The summed E-state index contributed by atoms with van der Waals surface area (Å²) in [4.78, 5) is 36.2. The molecule has 0 spiro atoms. The van der Waals surface area contributed by atoms with Crippen LogP contribution < -0.4 is 10.6 Å². The van der Waals surface area contributed by atoms with E-state index in [1.165, 1.54) is 18.9 Å². The standard InChI is InChI=1S/C23H25N5O4S/c1-4-28-19(13-20(29)24-17-9-5-15(2)6-10-17)26-27-23(28)33-14-21(30)25-18-11-7-16(8-12-18)22(31)32-3/h5-12H,4,13-14H2,1-3H3,(H,24,29)(H,25,30). The van der Waals surface area contributed by atoms with Crippen LogP contribution in [0, 0.1) is 6.92 Å². The molecule has 0 radical (unpaired) electrons. The number of ether oxygens (including phenoxy) is 1. The molecule has 0 saturated carbocycles. The topological polar surface area (TPSA) is 115 Å². The summed E-state index contributed by atoms with van der Waals surface area (Å²) in [5, 5.41) is 14.5. The molecule has 0 fully saturated rings. The SMILES string of the molecule is CCn1c(CC(=O)Nc2ccc(C)cc2)nnc1SCC(=O)Nc1ccc(C(=O)OC)cc1. The molecule has 9 nitrogen and oxygen atoms in total. The number of benzene rings is 2. The van der Waals surface area contributed by atoms with Gasteiger partial charge >= 0.3 is 5.97 Å². The highest BCUT2D eigenvalue weighted by atomic mass is 32.2. The Labute approximate surface area is 195 Å². The highest BCUT2D eigenvalue weighted by molar-refractivity contribution is 7.99. The van der Waals surface area contributed by atoms with Crippen LogP contribution in [0.1, 0.15) is 28.7 Å². The van der Waals surface area contributed by atoms with Crippen molar-refractivity contribution in [2.75, 3.05) is 23.5 Å². The molecule has 0 atom stereocenters. The molecule has 172 valence electrons. The van der Waals surface area contributed by atoms with Gasteiger partial charge in [-0.15, -0.1) is 10.2 Å². The van der Waals surface area contributed by atoms with E-state index >= 15 is 0 Å². The number of hydrogen-bond acceptors (Lipinski definition) is 7. The lowest BCUT2D eigenvalue weighted by atomic mass is 10.2. The van der Waals surface area contributed by atoms with E-state index in [9.17, 15) is 14.4 Å². The number of aryl methyl sites for hydroxylation is 1. The van der Waals surface area contributed by atoms with Gasteiger partial charge in [-0.25, -0.2) is 4.79 Å². The lowest BCUT2D eigenvalue weighted by Crippen LogP contribution is -2.18. The molecule has 0 aliphatic rings. The molecule has 1 heterocycles. The zero-order chi connectivity index (χ0) is 23.8. The first kappa shape index (κ1) is 24.0. The van der Waals surface area contributed by atoms with Crippen LogP contribution in [0.25, 0.3) is 0 Å². The number of carbonyl (C=O) groups excluding carboxylic acids is 3. The summed E-state index contributed by atoms with van der Waals surface area (Å²) >= 11 is 1.24. The molecule has 0 aliphatic heterocycles. The number of anilines is 2. The predicted molar refractivity (Wildman–Crippen MR) is 126 cm³/mol. The molecule has 2 amide bonds. The summed E-state index contributed by atoms with van der Waals surface area (Å²) in [5.41, 5.74) is 2.81. The number of thioether (sulfide) groups is 1. The fraction of sp³-hybridized carbons (Fsp3) is 0.261. The van der Waals surface area contributed by atoms with Gasteiger partial charge in [0.2, 0.25) is 11.8 Å². The zero-order valence-corrected chi connectivity index (χ0v) is 19.4. The van der Waals surface area contributed by atoms with Crippen molar-refractivity contribution in [3.05, 3.63) is 65.5 Å². The lowest BCUT2D eigenvalue weighted by Gasteiger charge is -2.09. The summed E-state index contributed by atoms with van der Waals surface area (Å²) < 4.78 is 6.47. The van der Waals surface area contributed by atoms with Crippen LogP contribution in [0.15, 0.2) is 53.7 Å². The van der Waals surface area contributed by atoms with Gasteiger partial charge in [0.15, 0.2) is 5.16 Å². The molecule has 0 saturated heterocycles. The third kappa shape index (κ3) is 6.66. The van der Waals surface area contributed by atoms with Crippen molar-refractivity contribution < 1.29 is 19.1 Å². The summed E-state index contributed by atoms with van der Waals surface area (Å²) in [6.07, 6.45) is 0.0774. The second-order valence-corrected chi connectivity index (χ2v) is 8.08. The Bertz CT molecular complexity index is 1130. The van der Waals surface area contributed by atoms with E-state index in [0.29, 0.717) is 28.8 Å². The molecule has 3 rings (SSSR count). The smallest absolute Gasteiger partial charge is 0.337 e. The maximum atomic E-state index is 12.4. The van der Waals surface area contributed by atoms with Crippen LogP contribution in [-0.4, -0.2) is 45.4 Å². The number of methoxy groups -OCH3 is 1. The zero-order valence-electron chi connectivity index (χ0n) is 18.6. The van der Waals surface area contributed by atoms with E-state index in [1.807, 2.05) is 42.7 Å². The molecule has 2 aromatic carbocycles. The predicted octanol–water partition coefficient (Wildman–Crippen LogP) is 3.31. The van der Waals surface area contributed by atoms with Crippen LogP contribution in [0.3, 0.4) is 0 Å². The van der Waals surface area contributed by atoms with Gasteiger partial charge in [0.25, 0.3) is 0 Å². The summed E-state index contributed by atoms with van der Waals surface area (Å²) in [7, 11) is 1.31. The van der Waals surface area contributed by atoms with Crippen molar-refractivity contribution in [3.63, 3.8) is 0 Å². The molecule has 2 N–H and O–H groups in total. The third-order valence-corrected chi connectivity index (χ3v) is 5.65. The second-order valence-electron chi connectivity index (χ2n) is 7.14. The van der Waals surface area contributed by atoms with E-state index in [4.69, 9.17) is 0 Å². The number of aromatic nitrogens is 3. The Morgan fingerprint density at radius 1 is 0.939 bits per heavy atom. The number of nitrogens with one attached hydrogen (secondary N) is 2. The van der Waals surface area contributed by atoms with Gasteiger partial charge in [-0.3, -0.25) is 9.59 Å². The Morgan fingerprint density at radius 3 is 2.15 bits per heavy atom. The highest BCUT2D eigenvalue weighted by Gasteiger charge is 2.16. The first-order valence-corrected chi connectivity index (χ1v) is 11.3. The molecule has 0 unspecified atom stereocenters. The first-order chi connectivity index (χ1) is 15.9. The number of hydrogen-bond donors (Lipinski definition) is 2. The fourth-order valence-electron chi connectivity index (χ4n) is 2.99. The van der Waals surface area contributed by atoms with Gasteiger partial charge in [0, 0.05) is 17.9 Å². The van der Waals surface area contributed by atoms with E-state index in [0.717, 1.165) is 11.3 Å². The number of nitrogens with zero attached hydrogens (tertiary/aromatic N) is 3. The minimum absolute atomic E-state index is 0.0774. The van der Waals surface area contributed by atoms with Gasteiger partial charge in [0.1, 0.15) is 5.82 Å². The number of esters is 1. The van der Waals surface area contributed by atoms with Gasteiger partial charge in [-0.05, 0) is 50.2 Å². The van der Waals surface area contributed by atoms with Crippen LogP contribution in [0.4, 0.5) is 11.4 Å². The Hall–Kier alpha value is -3.66. The Morgan fingerprint density at radius 2 is 1.55 bits per heavy atom. The summed E-state index contributed by atoms with van der Waals surface area (Å²) in [6, 6.07) is 14.0. The second kappa shape index (κ2) is 11.3. The molecule has 33 heavy (non-hydrogen) atoms. The van der Waals surface area contributed by atoms with Crippen molar-refractivity contribution in [1.82, 2.24) is 14.8 Å². The minimum Gasteiger partial charge on any atom is -0.465 e. The average Bonchev–Trinajstić information content (AvgIpc) is 3.20.